The average molecular weight is 655 g/mol. The van der Waals surface area contributed by atoms with E-state index in [4.69, 9.17) is 14.2 Å². The number of fused-ring (bicyclic) bond motifs is 2. The molecule has 2 aromatic carbocycles. The average Bonchev–Trinajstić information content (AvgIpc) is 2.89. The summed E-state index contributed by atoms with van der Waals surface area (Å²) >= 11 is 1.57. The van der Waals surface area contributed by atoms with Crippen LogP contribution in [-0.2, 0) is 14.2 Å². The minimum absolute atomic E-state index is 0.182. The SMILES string of the molecule is Cc1cc2c(c(N(C(=O)OC(C)(C)C)C3CCN(CCNC(=O)OC(C)(C)C)CC3)c1)N(C(=O)OC(C)(C)C)c1ccccc1S2. The molecule has 0 atom stereocenters. The van der Waals surface area contributed by atoms with Crippen molar-refractivity contribution in [3.63, 3.8) is 0 Å². The van der Waals surface area contributed by atoms with Crippen LogP contribution in [0.5, 0.6) is 0 Å². The number of rotatable bonds is 5. The van der Waals surface area contributed by atoms with Gasteiger partial charge in [0, 0.05) is 42.0 Å². The summed E-state index contributed by atoms with van der Waals surface area (Å²) < 4.78 is 17.3. The van der Waals surface area contributed by atoms with Crippen molar-refractivity contribution >= 4 is 47.1 Å². The molecule has 0 spiro atoms. The number of hydrogen-bond acceptors (Lipinski definition) is 8. The number of aryl methyl sites for hydroxylation is 1. The molecule has 0 aromatic heterocycles. The zero-order valence-electron chi connectivity index (χ0n) is 29.0. The van der Waals surface area contributed by atoms with Crippen LogP contribution in [0.2, 0.25) is 0 Å². The van der Waals surface area contributed by atoms with E-state index in [1.807, 2.05) is 106 Å². The van der Waals surface area contributed by atoms with Gasteiger partial charge in [0.15, 0.2) is 0 Å². The van der Waals surface area contributed by atoms with Crippen LogP contribution in [-0.4, -0.2) is 72.2 Å². The molecule has 2 aromatic rings. The molecular formula is C35H50N4O6S. The van der Waals surface area contributed by atoms with Crippen molar-refractivity contribution in [2.75, 3.05) is 36.0 Å². The first-order valence-electron chi connectivity index (χ1n) is 16.0. The van der Waals surface area contributed by atoms with Crippen LogP contribution in [0.15, 0.2) is 46.2 Å². The maximum Gasteiger partial charge on any atom is 0.419 e. The fourth-order valence-electron chi connectivity index (χ4n) is 5.46. The zero-order chi connectivity index (χ0) is 34.0. The summed E-state index contributed by atoms with van der Waals surface area (Å²) in [6, 6.07) is 11.6. The number of ether oxygens (including phenoxy) is 3. The van der Waals surface area contributed by atoms with Crippen molar-refractivity contribution in [3.8, 4) is 0 Å². The van der Waals surface area contributed by atoms with Crippen LogP contribution in [0.4, 0.5) is 31.4 Å². The third-order valence-corrected chi connectivity index (χ3v) is 8.29. The number of para-hydroxylation sites is 1. The maximum atomic E-state index is 14.1. The van der Waals surface area contributed by atoms with Gasteiger partial charge in [0.1, 0.15) is 16.8 Å². The highest BCUT2D eigenvalue weighted by atomic mass is 32.2. The summed E-state index contributed by atoms with van der Waals surface area (Å²) in [4.78, 5) is 47.6. The van der Waals surface area contributed by atoms with Gasteiger partial charge in [0.05, 0.1) is 17.1 Å². The summed E-state index contributed by atoms with van der Waals surface area (Å²) in [5.41, 5.74) is 0.889. The lowest BCUT2D eigenvalue weighted by atomic mass is 10.0. The van der Waals surface area contributed by atoms with Gasteiger partial charge in [-0.3, -0.25) is 4.90 Å². The first-order valence-corrected chi connectivity index (χ1v) is 16.8. The Morgan fingerprint density at radius 3 is 2.09 bits per heavy atom. The van der Waals surface area contributed by atoms with Gasteiger partial charge in [-0.25, -0.2) is 19.3 Å². The molecule has 2 aliphatic rings. The Bertz CT molecular complexity index is 1430. The highest BCUT2D eigenvalue weighted by Crippen LogP contribution is 2.53. The molecule has 252 valence electrons. The molecule has 1 N–H and O–H groups in total. The van der Waals surface area contributed by atoms with Gasteiger partial charge in [-0.15, -0.1) is 0 Å². The van der Waals surface area contributed by atoms with Crippen LogP contribution >= 0.6 is 11.8 Å². The van der Waals surface area contributed by atoms with Gasteiger partial charge in [-0.2, -0.15) is 0 Å². The molecule has 0 unspecified atom stereocenters. The van der Waals surface area contributed by atoms with E-state index in [1.54, 1.807) is 21.6 Å². The molecular weight excluding hydrogens is 604 g/mol. The number of hydrogen-bond donors (Lipinski definition) is 1. The highest BCUT2D eigenvalue weighted by Gasteiger charge is 2.40. The molecule has 2 heterocycles. The monoisotopic (exact) mass is 654 g/mol. The molecule has 10 nitrogen and oxygen atoms in total. The molecule has 4 rings (SSSR count). The lowest BCUT2D eigenvalue weighted by Gasteiger charge is -2.42. The summed E-state index contributed by atoms with van der Waals surface area (Å²) in [6.07, 6.45) is -0.0344. The molecule has 3 amide bonds. The van der Waals surface area contributed by atoms with Crippen LogP contribution in [0, 0.1) is 6.92 Å². The number of nitrogens with one attached hydrogen (secondary N) is 1. The van der Waals surface area contributed by atoms with Gasteiger partial charge in [0.25, 0.3) is 0 Å². The van der Waals surface area contributed by atoms with Crippen molar-refractivity contribution in [3.05, 3.63) is 42.0 Å². The summed E-state index contributed by atoms with van der Waals surface area (Å²) in [5, 5.41) is 2.83. The Hall–Kier alpha value is -3.44. The molecule has 0 radical (unpaired) electrons. The van der Waals surface area contributed by atoms with Crippen molar-refractivity contribution in [1.82, 2.24) is 10.2 Å². The molecule has 0 saturated carbocycles. The first kappa shape index (κ1) is 35.4. The Balaban J connectivity index is 1.67. The Kier molecular flexibility index (Phi) is 10.6. The summed E-state index contributed by atoms with van der Waals surface area (Å²) in [7, 11) is 0. The maximum absolute atomic E-state index is 14.1. The molecule has 46 heavy (non-hydrogen) atoms. The number of amides is 3. The van der Waals surface area contributed by atoms with E-state index in [2.05, 4.69) is 10.2 Å². The molecule has 2 aliphatic heterocycles. The molecule has 1 saturated heterocycles. The van der Waals surface area contributed by atoms with E-state index in [0.29, 0.717) is 43.0 Å². The molecule has 0 bridgehead atoms. The number of carbonyl (C=O) groups is 3. The molecule has 11 heteroatoms. The van der Waals surface area contributed by atoms with Gasteiger partial charge >= 0.3 is 18.3 Å². The summed E-state index contributed by atoms with van der Waals surface area (Å²) in [6.45, 7) is 21.2. The third-order valence-electron chi connectivity index (χ3n) is 7.19. The Morgan fingerprint density at radius 2 is 1.48 bits per heavy atom. The van der Waals surface area contributed by atoms with Crippen LogP contribution in [0.3, 0.4) is 0 Å². The van der Waals surface area contributed by atoms with Crippen molar-refractivity contribution in [2.45, 2.75) is 115 Å². The number of alkyl carbamates (subject to hydrolysis) is 1. The number of carbonyl (C=O) groups excluding carboxylic acids is 3. The second-order valence-corrected chi connectivity index (χ2v) is 16.0. The highest BCUT2D eigenvalue weighted by molar-refractivity contribution is 7.99. The number of anilines is 3. The van der Waals surface area contributed by atoms with E-state index in [0.717, 1.165) is 28.4 Å². The number of piperidine rings is 1. The predicted octanol–water partition coefficient (Wildman–Crippen LogP) is 8.26. The molecule has 1 fully saturated rings. The lowest BCUT2D eigenvalue weighted by molar-refractivity contribution is 0.0506. The normalized spacial score (nSPS) is 15.8. The van der Waals surface area contributed by atoms with Gasteiger partial charge in [-0.05, 0) is 112 Å². The van der Waals surface area contributed by atoms with Crippen molar-refractivity contribution in [1.29, 1.82) is 0 Å². The standard InChI is InChI=1S/C35H50N4O6S/c1-23-21-26(29-28(22-23)46-27-14-12-11-13-25(27)39(29)32(42)45-35(8,9)10)38(31(41)44-34(5,6)7)24-15-18-37(19-16-24)20-17-36-30(40)43-33(2,3)4/h11-14,21-22,24H,15-20H2,1-10H3,(H,36,40). The Labute approximate surface area is 278 Å². The first-order chi connectivity index (χ1) is 21.3. The topological polar surface area (TPSA) is 101 Å². The second-order valence-electron chi connectivity index (χ2n) is 14.9. The van der Waals surface area contributed by atoms with Crippen molar-refractivity contribution in [2.24, 2.45) is 0 Å². The number of likely N-dealkylation sites (tertiary alicyclic amines) is 1. The van der Waals surface area contributed by atoms with E-state index in [1.165, 1.54) is 0 Å². The van der Waals surface area contributed by atoms with Gasteiger partial charge < -0.3 is 24.4 Å². The smallest absolute Gasteiger partial charge is 0.419 e. The lowest BCUT2D eigenvalue weighted by Crippen LogP contribution is -2.50. The van der Waals surface area contributed by atoms with Gasteiger partial charge in [0.2, 0.25) is 0 Å². The summed E-state index contributed by atoms with van der Waals surface area (Å²) in [5.74, 6) is 0. The fourth-order valence-corrected chi connectivity index (χ4v) is 6.65. The molecule has 0 aliphatic carbocycles. The van der Waals surface area contributed by atoms with E-state index < -0.39 is 35.1 Å². The van der Waals surface area contributed by atoms with E-state index in [-0.39, 0.29) is 6.04 Å². The van der Waals surface area contributed by atoms with Gasteiger partial charge in [-0.1, -0.05) is 23.9 Å². The van der Waals surface area contributed by atoms with Crippen molar-refractivity contribution < 1.29 is 28.6 Å². The third kappa shape index (κ3) is 9.31. The van der Waals surface area contributed by atoms with Crippen LogP contribution in [0.25, 0.3) is 0 Å². The van der Waals surface area contributed by atoms with E-state index in [9.17, 15) is 14.4 Å². The largest absolute Gasteiger partial charge is 0.444 e. The van der Waals surface area contributed by atoms with E-state index >= 15 is 0 Å². The van der Waals surface area contributed by atoms with Crippen LogP contribution < -0.4 is 15.1 Å². The fraction of sp³-hybridized carbons (Fsp3) is 0.571. The van der Waals surface area contributed by atoms with Crippen LogP contribution in [0.1, 0.15) is 80.7 Å². The number of nitrogens with zero attached hydrogens (tertiary/aromatic N) is 3. The zero-order valence-corrected chi connectivity index (χ0v) is 29.8. The minimum Gasteiger partial charge on any atom is -0.444 e. The minimum atomic E-state index is -0.725. The Morgan fingerprint density at radius 1 is 0.870 bits per heavy atom. The second kappa shape index (κ2) is 13.7. The predicted molar refractivity (Wildman–Crippen MR) is 183 cm³/mol. The number of benzene rings is 2. The quantitative estimate of drug-likeness (QED) is 0.322.